The molecule has 2 aromatic rings. The molecule has 0 aliphatic carbocycles. The molecule has 0 saturated carbocycles. The Balaban J connectivity index is 2.22. The van der Waals surface area contributed by atoms with Gasteiger partial charge in [-0.15, -0.1) is 0 Å². The third kappa shape index (κ3) is 5.27. The lowest BCUT2D eigenvalue weighted by Gasteiger charge is -2.09. The van der Waals surface area contributed by atoms with Crippen molar-refractivity contribution < 1.29 is 22.8 Å². The molecule has 0 amide bonds. The first-order valence-corrected chi connectivity index (χ1v) is 9.52. The third-order valence-corrected chi connectivity index (χ3v) is 5.23. The molecule has 2 aromatic carbocycles. The minimum absolute atomic E-state index is 0.0846. The second-order valence-corrected chi connectivity index (χ2v) is 7.58. The predicted octanol–water partition coefficient (Wildman–Crippen LogP) is 2.98. The van der Waals surface area contributed by atoms with E-state index in [4.69, 9.17) is 9.02 Å². The van der Waals surface area contributed by atoms with Gasteiger partial charge in [-0.25, -0.2) is 9.00 Å². The fourth-order valence-electron chi connectivity index (χ4n) is 1.71. The van der Waals surface area contributed by atoms with Crippen LogP contribution in [0.15, 0.2) is 69.5 Å². The van der Waals surface area contributed by atoms with Crippen molar-refractivity contribution in [3.8, 4) is 5.75 Å². The fraction of sp³-hybridized carbons (Fsp3) is 0.118. The number of benzene rings is 2. The Morgan fingerprint density at radius 3 is 2.28 bits per heavy atom. The zero-order chi connectivity index (χ0) is 18.3. The van der Waals surface area contributed by atoms with E-state index in [1.54, 1.807) is 36.4 Å². The van der Waals surface area contributed by atoms with Gasteiger partial charge in [0.2, 0.25) is 5.04 Å². The summed E-state index contributed by atoms with van der Waals surface area (Å²) in [5, 5.41) is 3.63. The summed E-state index contributed by atoms with van der Waals surface area (Å²) in [7, 11) is -0.419. The van der Waals surface area contributed by atoms with E-state index in [1.165, 1.54) is 14.2 Å². The van der Waals surface area contributed by atoms with Crippen LogP contribution in [0, 0.1) is 0 Å². The van der Waals surface area contributed by atoms with Gasteiger partial charge in [0.25, 0.3) is 0 Å². The minimum Gasteiger partial charge on any atom is -0.497 e. The van der Waals surface area contributed by atoms with Gasteiger partial charge in [-0.3, -0.25) is 4.28 Å². The monoisotopic (exact) mass is 379 g/mol. The summed E-state index contributed by atoms with van der Waals surface area (Å²) in [6.45, 7) is 0. The maximum atomic E-state index is 12.6. The van der Waals surface area contributed by atoms with Crippen LogP contribution in [0.1, 0.15) is 0 Å². The molecule has 6 nitrogen and oxygen atoms in total. The molecule has 25 heavy (non-hydrogen) atoms. The summed E-state index contributed by atoms with van der Waals surface area (Å²) in [5.74, 6) is 3.47. The Morgan fingerprint density at radius 2 is 1.72 bits per heavy atom. The first-order valence-electron chi connectivity index (χ1n) is 7.05. The molecule has 0 aromatic heterocycles. The van der Waals surface area contributed by atoms with Crippen LogP contribution in [-0.4, -0.2) is 35.3 Å². The number of hydrogen-bond donors (Lipinski definition) is 0. The van der Waals surface area contributed by atoms with Crippen molar-refractivity contribution in [2.24, 2.45) is 5.16 Å². The van der Waals surface area contributed by atoms with Crippen LogP contribution in [0.3, 0.4) is 0 Å². The minimum atomic E-state index is -3.18. The first kappa shape index (κ1) is 18.9. The molecule has 0 N–H and O–H groups in total. The smallest absolute Gasteiger partial charge is 0.367 e. The number of rotatable bonds is 5. The van der Waals surface area contributed by atoms with Gasteiger partial charge in [-0.1, -0.05) is 35.1 Å². The van der Waals surface area contributed by atoms with Gasteiger partial charge in [0.1, 0.15) is 5.75 Å². The standard InChI is InChI=1S/C17H17NO5S2/c1-21-13-9-11-15(12-10-13)25(3,20)23-18-16(17(19)22-2)24-14-7-5-4-6-8-14/h4-12H,3H2,1-2H3. The number of esters is 1. The van der Waals surface area contributed by atoms with Crippen molar-refractivity contribution in [2.45, 2.75) is 9.79 Å². The summed E-state index contributed by atoms with van der Waals surface area (Å²) in [6, 6.07) is 15.5. The Kier molecular flexibility index (Phi) is 6.49. The number of nitrogens with zero attached hydrogens (tertiary/aromatic N) is 1. The average Bonchev–Trinajstić information content (AvgIpc) is 2.65. The molecule has 0 radical (unpaired) electrons. The normalized spacial score (nSPS) is 13.6. The summed E-state index contributed by atoms with van der Waals surface area (Å²) in [5.41, 5.74) is 0. The Labute approximate surface area is 151 Å². The SMILES string of the molecule is C=S(=O)(ON=C(Sc1ccccc1)C(=O)OC)c1ccc(OC)cc1. The van der Waals surface area contributed by atoms with Crippen molar-refractivity contribution in [2.75, 3.05) is 14.2 Å². The highest BCUT2D eigenvalue weighted by atomic mass is 32.2. The molecule has 0 heterocycles. The summed E-state index contributed by atoms with van der Waals surface area (Å²) in [6.07, 6.45) is 0. The number of thioether (sulfide) groups is 1. The van der Waals surface area contributed by atoms with E-state index < -0.39 is 15.8 Å². The lowest BCUT2D eigenvalue weighted by molar-refractivity contribution is -0.132. The Morgan fingerprint density at radius 1 is 1.08 bits per heavy atom. The molecule has 132 valence electrons. The molecule has 0 saturated heterocycles. The van der Waals surface area contributed by atoms with Crippen molar-refractivity contribution in [1.29, 1.82) is 0 Å². The molecule has 1 atom stereocenters. The molecule has 0 bridgehead atoms. The molecule has 0 spiro atoms. The highest BCUT2D eigenvalue weighted by molar-refractivity contribution is 8.15. The van der Waals surface area contributed by atoms with E-state index in [0.29, 0.717) is 10.6 Å². The van der Waals surface area contributed by atoms with Gasteiger partial charge in [0.15, 0.2) is 9.80 Å². The van der Waals surface area contributed by atoms with E-state index in [9.17, 15) is 9.00 Å². The molecule has 0 aliphatic heterocycles. The number of carbonyl (C=O) groups is 1. The second kappa shape index (κ2) is 8.59. The second-order valence-electron chi connectivity index (χ2n) is 4.67. The third-order valence-electron chi connectivity index (χ3n) is 2.98. The molecule has 1 unspecified atom stereocenters. The zero-order valence-electron chi connectivity index (χ0n) is 13.7. The highest BCUT2D eigenvalue weighted by Gasteiger charge is 2.17. The van der Waals surface area contributed by atoms with Crippen LogP contribution in [0.2, 0.25) is 0 Å². The molecule has 0 fully saturated rings. The van der Waals surface area contributed by atoms with Gasteiger partial charge >= 0.3 is 5.97 Å². The molecular formula is C17H17NO5S2. The van der Waals surface area contributed by atoms with Crippen molar-refractivity contribution in [3.05, 3.63) is 54.6 Å². The van der Waals surface area contributed by atoms with Crippen LogP contribution >= 0.6 is 11.8 Å². The maximum absolute atomic E-state index is 12.6. The maximum Gasteiger partial charge on any atom is 0.367 e. The number of oxime groups is 1. The molecular weight excluding hydrogens is 362 g/mol. The van der Waals surface area contributed by atoms with Gasteiger partial charge in [-0.05, 0) is 42.3 Å². The van der Waals surface area contributed by atoms with E-state index in [1.807, 2.05) is 18.2 Å². The fourth-order valence-corrected chi connectivity index (χ4v) is 3.34. The Hall–Kier alpha value is -2.45. The van der Waals surface area contributed by atoms with E-state index >= 15 is 0 Å². The number of methoxy groups -OCH3 is 2. The largest absolute Gasteiger partial charge is 0.497 e. The van der Waals surface area contributed by atoms with Gasteiger partial charge in [-0.2, -0.15) is 0 Å². The van der Waals surface area contributed by atoms with Crippen molar-refractivity contribution >= 4 is 38.4 Å². The van der Waals surface area contributed by atoms with Crippen LogP contribution in [-0.2, 0) is 23.6 Å². The summed E-state index contributed by atoms with van der Waals surface area (Å²) in [4.78, 5) is 13.0. The van der Waals surface area contributed by atoms with E-state index in [2.05, 4.69) is 15.8 Å². The quantitative estimate of drug-likeness (QED) is 0.199. The summed E-state index contributed by atoms with van der Waals surface area (Å²) < 4.78 is 27.4. The highest BCUT2D eigenvalue weighted by Crippen LogP contribution is 2.22. The predicted molar refractivity (Wildman–Crippen MR) is 99.4 cm³/mol. The number of ether oxygens (including phenoxy) is 2. The van der Waals surface area contributed by atoms with Gasteiger partial charge < -0.3 is 9.47 Å². The van der Waals surface area contributed by atoms with E-state index in [-0.39, 0.29) is 5.04 Å². The zero-order valence-corrected chi connectivity index (χ0v) is 15.3. The van der Waals surface area contributed by atoms with Crippen LogP contribution in [0.25, 0.3) is 0 Å². The topological polar surface area (TPSA) is 74.2 Å². The van der Waals surface area contributed by atoms with Crippen molar-refractivity contribution in [1.82, 2.24) is 0 Å². The van der Waals surface area contributed by atoms with Crippen LogP contribution in [0.5, 0.6) is 5.75 Å². The van der Waals surface area contributed by atoms with Crippen molar-refractivity contribution in [3.63, 3.8) is 0 Å². The summed E-state index contributed by atoms with van der Waals surface area (Å²) >= 11 is 1.04. The lowest BCUT2D eigenvalue weighted by Crippen LogP contribution is -2.14. The van der Waals surface area contributed by atoms with Crippen LogP contribution < -0.4 is 4.74 Å². The lowest BCUT2D eigenvalue weighted by atomic mass is 10.3. The number of carbonyl (C=O) groups excluding carboxylic acids is 1. The van der Waals surface area contributed by atoms with Gasteiger partial charge in [0.05, 0.1) is 19.1 Å². The first-order chi connectivity index (χ1) is 12.0. The van der Waals surface area contributed by atoms with E-state index in [0.717, 1.165) is 16.7 Å². The van der Waals surface area contributed by atoms with Gasteiger partial charge in [0, 0.05) is 4.90 Å². The molecule has 2 rings (SSSR count). The Bertz CT molecular complexity index is 846. The average molecular weight is 379 g/mol. The molecule has 0 aliphatic rings. The van der Waals surface area contributed by atoms with Crippen LogP contribution in [0.4, 0.5) is 0 Å². The number of hydrogen-bond acceptors (Lipinski definition) is 7. The molecule has 8 heteroatoms.